The van der Waals surface area contributed by atoms with Gasteiger partial charge in [0, 0.05) is 18.8 Å². The number of hydrogen-bond acceptors (Lipinski definition) is 4. The van der Waals surface area contributed by atoms with Gasteiger partial charge in [0.2, 0.25) is 5.91 Å². The van der Waals surface area contributed by atoms with Crippen molar-refractivity contribution in [3.05, 3.63) is 17.8 Å². The van der Waals surface area contributed by atoms with Gasteiger partial charge in [-0.15, -0.1) is 0 Å². The van der Waals surface area contributed by atoms with Gasteiger partial charge in [0.25, 0.3) is 0 Å². The zero-order valence-electron chi connectivity index (χ0n) is 15.3. The Morgan fingerprint density at radius 2 is 1.92 bits per heavy atom. The minimum Gasteiger partial charge on any atom is -0.391 e. The van der Waals surface area contributed by atoms with Crippen molar-refractivity contribution in [2.45, 2.75) is 58.5 Å². The van der Waals surface area contributed by atoms with Crippen LogP contribution in [0.4, 0.5) is 24.7 Å². The lowest BCUT2D eigenvalue weighted by Crippen LogP contribution is -2.62. The summed E-state index contributed by atoms with van der Waals surface area (Å²) < 4.78 is 39.4. The number of fused-ring (bicyclic) bond motifs is 3. The summed E-state index contributed by atoms with van der Waals surface area (Å²) in [6, 6.07) is 0.181. The highest BCUT2D eigenvalue weighted by molar-refractivity contribution is 6.05. The van der Waals surface area contributed by atoms with E-state index in [-0.39, 0.29) is 36.0 Å². The van der Waals surface area contributed by atoms with Gasteiger partial charge in [0.1, 0.15) is 6.04 Å². The van der Waals surface area contributed by atoms with Gasteiger partial charge in [-0.1, -0.05) is 13.8 Å². The van der Waals surface area contributed by atoms with E-state index >= 15 is 0 Å². The van der Waals surface area contributed by atoms with Crippen LogP contribution in [0.3, 0.4) is 0 Å². The standard InChI is InChI=1S/C18H24F3N3O2/c1-9(2)12-6-14-17(26)24(10(3)4)13-5-11(18(19,20)21)7-22-16(13)23(14)8-15(12)25/h5,7,9-10,12,14-15,25H,6,8H2,1-4H3. The molecule has 0 aliphatic carbocycles. The fourth-order valence-electron chi connectivity index (χ4n) is 4.00. The normalized spacial score (nSPS) is 26.4. The van der Waals surface area contributed by atoms with E-state index in [1.54, 1.807) is 18.7 Å². The molecule has 3 rings (SSSR count). The highest BCUT2D eigenvalue weighted by atomic mass is 19.4. The number of piperidine rings is 1. The first kappa shape index (κ1) is 18.9. The lowest BCUT2D eigenvalue weighted by atomic mass is 9.79. The fraction of sp³-hybridized carbons (Fsp3) is 0.667. The van der Waals surface area contributed by atoms with Crippen LogP contribution >= 0.6 is 0 Å². The maximum absolute atomic E-state index is 13.1. The Bertz CT molecular complexity index is 705. The first-order valence-corrected chi connectivity index (χ1v) is 8.87. The molecule has 2 aliphatic rings. The maximum atomic E-state index is 13.1. The van der Waals surface area contributed by atoms with Crippen LogP contribution in [0.5, 0.6) is 0 Å². The molecule has 0 radical (unpaired) electrons. The van der Waals surface area contributed by atoms with E-state index in [1.807, 2.05) is 13.8 Å². The van der Waals surface area contributed by atoms with Crippen LogP contribution in [-0.4, -0.2) is 40.7 Å². The summed E-state index contributed by atoms with van der Waals surface area (Å²) in [5.74, 6) is 0.267. The van der Waals surface area contributed by atoms with Crippen molar-refractivity contribution in [1.29, 1.82) is 0 Å². The molecule has 0 saturated carbocycles. The third kappa shape index (κ3) is 3.04. The number of rotatable bonds is 2. The molecule has 3 unspecified atom stereocenters. The van der Waals surface area contributed by atoms with Crippen molar-refractivity contribution in [3.63, 3.8) is 0 Å². The molecule has 1 fully saturated rings. The molecule has 1 aromatic heterocycles. The first-order chi connectivity index (χ1) is 12.0. The van der Waals surface area contributed by atoms with Crippen LogP contribution in [0.25, 0.3) is 0 Å². The lowest BCUT2D eigenvalue weighted by molar-refractivity contribution is -0.138. The number of pyridine rings is 1. The lowest BCUT2D eigenvalue weighted by Gasteiger charge is -2.49. The molecule has 1 aromatic rings. The molecule has 0 spiro atoms. The third-order valence-electron chi connectivity index (χ3n) is 5.35. The smallest absolute Gasteiger partial charge is 0.391 e. The number of aromatic nitrogens is 1. The molecule has 3 heterocycles. The van der Waals surface area contributed by atoms with E-state index in [1.165, 1.54) is 4.90 Å². The number of amides is 1. The van der Waals surface area contributed by atoms with Crippen molar-refractivity contribution < 1.29 is 23.1 Å². The quantitative estimate of drug-likeness (QED) is 0.868. The van der Waals surface area contributed by atoms with Crippen LogP contribution in [0, 0.1) is 11.8 Å². The summed E-state index contributed by atoms with van der Waals surface area (Å²) in [5.41, 5.74) is -0.725. The summed E-state index contributed by atoms with van der Waals surface area (Å²) in [5, 5.41) is 10.5. The predicted molar refractivity (Wildman–Crippen MR) is 91.9 cm³/mol. The molecule has 144 valence electrons. The number of anilines is 2. The Morgan fingerprint density at radius 1 is 1.27 bits per heavy atom. The van der Waals surface area contributed by atoms with Crippen molar-refractivity contribution >= 4 is 17.4 Å². The number of aliphatic hydroxyl groups is 1. The molecule has 0 aromatic carbocycles. The van der Waals surface area contributed by atoms with E-state index in [4.69, 9.17) is 0 Å². The van der Waals surface area contributed by atoms with Gasteiger partial charge in [-0.05, 0) is 38.2 Å². The Hall–Kier alpha value is -1.83. The number of halogens is 3. The Morgan fingerprint density at radius 3 is 2.46 bits per heavy atom. The fourth-order valence-corrected chi connectivity index (χ4v) is 4.00. The predicted octanol–water partition coefficient (Wildman–Crippen LogP) is 3.07. The van der Waals surface area contributed by atoms with Crippen LogP contribution in [0.1, 0.15) is 39.7 Å². The second kappa shape index (κ2) is 6.40. The van der Waals surface area contributed by atoms with Gasteiger partial charge in [0.15, 0.2) is 5.82 Å². The van der Waals surface area contributed by atoms with Crippen molar-refractivity contribution in [3.8, 4) is 0 Å². The van der Waals surface area contributed by atoms with Gasteiger partial charge in [-0.3, -0.25) is 4.79 Å². The summed E-state index contributed by atoms with van der Waals surface area (Å²) >= 11 is 0. The molecule has 0 bridgehead atoms. The van der Waals surface area contributed by atoms with E-state index in [9.17, 15) is 23.1 Å². The van der Waals surface area contributed by atoms with E-state index in [0.29, 0.717) is 12.2 Å². The maximum Gasteiger partial charge on any atom is 0.417 e. The Labute approximate surface area is 150 Å². The summed E-state index contributed by atoms with van der Waals surface area (Å²) in [4.78, 5) is 20.2. The number of carbonyl (C=O) groups excluding carboxylic acids is 1. The number of hydrogen-bond donors (Lipinski definition) is 1. The molecule has 1 N–H and O–H groups in total. The van der Waals surface area contributed by atoms with Gasteiger partial charge in [0.05, 0.1) is 17.4 Å². The molecule has 26 heavy (non-hydrogen) atoms. The number of carbonyl (C=O) groups is 1. The second-order valence-electron chi connectivity index (χ2n) is 7.75. The minimum atomic E-state index is -4.53. The molecule has 2 aliphatic heterocycles. The van der Waals surface area contributed by atoms with Gasteiger partial charge >= 0.3 is 6.18 Å². The molecular formula is C18H24F3N3O2. The number of aliphatic hydroxyl groups excluding tert-OH is 1. The summed E-state index contributed by atoms with van der Waals surface area (Å²) in [6.45, 7) is 7.73. The van der Waals surface area contributed by atoms with Crippen LogP contribution in [0.2, 0.25) is 0 Å². The Kier molecular flexibility index (Phi) is 4.67. The third-order valence-corrected chi connectivity index (χ3v) is 5.35. The van der Waals surface area contributed by atoms with Crippen LogP contribution in [0.15, 0.2) is 12.3 Å². The van der Waals surface area contributed by atoms with Crippen molar-refractivity contribution in [1.82, 2.24) is 4.98 Å². The van der Waals surface area contributed by atoms with Gasteiger partial charge < -0.3 is 14.9 Å². The second-order valence-corrected chi connectivity index (χ2v) is 7.75. The van der Waals surface area contributed by atoms with Gasteiger partial charge in [-0.2, -0.15) is 13.2 Å². The first-order valence-electron chi connectivity index (χ1n) is 8.87. The highest BCUT2D eigenvalue weighted by Crippen LogP contribution is 2.43. The van der Waals surface area contributed by atoms with Crippen LogP contribution in [-0.2, 0) is 11.0 Å². The molecule has 8 heteroatoms. The van der Waals surface area contributed by atoms with E-state index < -0.39 is 23.9 Å². The van der Waals surface area contributed by atoms with Crippen molar-refractivity contribution in [2.24, 2.45) is 11.8 Å². The molecule has 3 atom stereocenters. The zero-order chi connectivity index (χ0) is 19.4. The van der Waals surface area contributed by atoms with Crippen LogP contribution < -0.4 is 9.80 Å². The van der Waals surface area contributed by atoms with Gasteiger partial charge in [-0.25, -0.2) is 4.98 Å². The van der Waals surface area contributed by atoms with E-state index in [0.717, 1.165) is 12.3 Å². The largest absolute Gasteiger partial charge is 0.417 e. The highest BCUT2D eigenvalue weighted by Gasteiger charge is 2.47. The minimum absolute atomic E-state index is 0.0368. The molecule has 5 nitrogen and oxygen atoms in total. The average molecular weight is 371 g/mol. The SMILES string of the molecule is CC(C)C1CC2C(=O)N(C(C)C)c3cc(C(F)(F)F)cnc3N2CC1O. The topological polar surface area (TPSA) is 56.7 Å². The molecule has 1 amide bonds. The summed E-state index contributed by atoms with van der Waals surface area (Å²) in [7, 11) is 0. The molecule has 1 saturated heterocycles. The monoisotopic (exact) mass is 371 g/mol. The molecular weight excluding hydrogens is 347 g/mol. The number of nitrogens with zero attached hydrogens (tertiary/aromatic N) is 3. The zero-order valence-corrected chi connectivity index (χ0v) is 15.3. The number of alkyl halides is 3. The average Bonchev–Trinajstić information content (AvgIpc) is 2.52. The summed E-state index contributed by atoms with van der Waals surface area (Å²) in [6.07, 6.45) is -3.93. The Balaban J connectivity index is 2.10. The van der Waals surface area contributed by atoms with E-state index in [2.05, 4.69) is 4.98 Å². The van der Waals surface area contributed by atoms with Crippen molar-refractivity contribution in [2.75, 3.05) is 16.3 Å².